The summed E-state index contributed by atoms with van der Waals surface area (Å²) in [6, 6.07) is 0. The first-order valence-corrected chi connectivity index (χ1v) is 3.92. The maximum Gasteiger partial charge on any atom is 0.0751 e. The van der Waals surface area contributed by atoms with Gasteiger partial charge in [0.25, 0.3) is 0 Å². The topological polar surface area (TPSA) is 49.7 Å². The van der Waals surface area contributed by atoms with E-state index in [-0.39, 0.29) is 6.61 Å². The van der Waals surface area contributed by atoms with Crippen LogP contribution < -0.4 is 0 Å². The third-order valence-electron chi connectivity index (χ3n) is 0.812. The number of rotatable bonds is 5. The van der Waals surface area contributed by atoms with Gasteiger partial charge in [-0.3, -0.25) is 0 Å². The Balaban J connectivity index is 0. The first kappa shape index (κ1) is 13.8. The van der Waals surface area contributed by atoms with Gasteiger partial charge in [-0.1, -0.05) is 19.1 Å². The van der Waals surface area contributed by atoms with Crippen molar-refractivity contribution in [3.05, 3.63) is 25.0 Å². The van der Waals surface area contributed by atoms with Gasteiger partial charge in [-0.05, 0) is 6.42 Å². The van der Waals surface area contributed by atoms with E-state index in [2.05, 4.69) is 6.58 Å². The summed E-state index contributed by atoms with van der Waals surface area (Å²) in [4.78, 5) is 0. The molecule has 72 valence electrons. The van der Waals surface area contributed by atoms with E-state index in [0.717, 1.165) is 12.7 Å². The van der Waals surface area contributed by atoms with Crippen LogP contribution in [0.25, 0.3) is 0 Å². The number of ether oxygens (including phenoxy) is 1. The Morgan fingerprint density at radius 2 is 2.17 bits per heavy atom. The maximum absolute atomic E-state index is 8.13. The van der Waals surface area contributed by atoms with Crippen LogP contribution in [0.15, 0.2) is 25.0 Å². The van der Waals surface area contributed by atoms with Crippen molar-refractivity contribution < 1.29 is 14.9 Å². The van der Waals surface area contributed by atoms with Crippen molar-refractivity contribution in [2.24, 2.45) is 0 Å². The lowest BCUT2D eigenvalue weighted by Gasteiger charge is -1.92. The molecule has 0 saturated heterocycles. The van der Waals surface area contributed by atoms with Crippen LogP contribution in [0.2, 0.25) is 0 Å². The molecule has 0 aromatic carbocycles. The summed E-state index contributed by atoms with van der Waals surface area (Å²) in [5.74, 6) is 0. The zero-order chi connectivity index (χ0) is 9.66. The number of allylic oxidation sites excluding steroid dienone is 1. The Bertz CT molecular complexity index is 99.9. The molecule has 0 unspecified atom stereocenters. The Hall–Kier alpha value is -0.800. The predicted octanol–water partition coefficient (Wildman–Crippen LogP) is 1.65. The van der Waals surface area contributed by atoms with Crippen LogP contribution in [-0.2, 0) is 4.74 Å². The van der Waals surface area contributed by atoms with E-state index in [1.165, 1.54) is 0 Å². The Morgan fingerprint density at radius 1 is 1.50 bits per heavy atom. The highest BCUT2D eigenvalue weighted by atomic mass is 16.5. The van der Waals surface area contributed by atoms with Crippen molar-refractivity contribution in [1.82, 2.24) is 0 Å². The molecule has 0 fully saturated rings. The average molecular weight is 174 g/mol. The third-order valence-corrected chi connectivity index (χ3v) is 0.812. The van der Waals surface area contributed by atoms with E-state index in [4.69, 9.17) is 14.9 Å². The maximum atomic E-state index is 8.13. The number of hydrogen-bond acceptors (Lipinski definition) is 3. The minimum Gasteiger partial charge on any atom is -0.516 e. The second kappa shape index (κ2) is 16.7. The summed E-state index contributed by atoms with van der Waals surface area (Å²) in [6.07, 6.45) is 5.30. The molecule has 0 aliphatic rings. The van der Waals surface area contributed by atoms with Crippen molar-refractivity contribution in [3.63, 3.8) is 0 Å². The smallest absolute Gasteiger partial charge is 0.0751 e. The lowest BCUT2D eigenvalue weighted by Crippen LogP contribution is -1.97. The Kier molecular flexibility index (Phi) is 19.1. The van der Waals surface area contributed by atoms with Gasteiger partial charge in [-0.25, -0.2) is 0 Å². The molecule has 3 nitrogen and oxygen atoms in total. The molecule has 0 aliphatic carbocycles. The molecule has 12 heavy (non-hydrogen) atoms. The molecule has 0 aromatic heterocycles. The minimum absolute atomic E-state index is 0.0911. The SMILES string of the molecule is C=CCOCCO.CCC=CO. The molecular weight excluding hydrogens is 156 g/mol. The van der Waals surface area contributed by atoms with Gasteiger partial charge >= 0.3 is 0 Å². The molecule has 0 aliphatic heterocycles. The standard InChI is InChI=1S/C5H10O2.C4H8O/c1-2-4-7-5-3-6;1-2-3-4-5/h2,6H,1,3-5H2;3-5H,2H2,1H3. The summed E-state index contributed by atoms with van der Waals surface area (Å²) in [5, 5.41) is 16.0. The first-order chi connectivity index (χ1) is 5.83. The van der Waals surface area contributed by atoms with Crippen molar-refractivity contribution in [2.75, 3.05) is 19.8 Å². The number of hydrogen-bond donors (Lipinski definition) is 2. The Labute approximate surface area is 74.0 Å². The van der Waals surface area contributed by atoms with Crippen molar-refractivity contribution in [2.45, 2.75) is 13.3 Å². The summed E-state index contributed by atoms with van der Waals surface area (Å²) >= 11 is 0. The van der Waals surface area contributed by atoms with Crippen LogP contribution in [0.1, 0.15) is 13.3 Å². The van der Waals surface area contributed by atoms with Crippen LogP contribution >= 0.6 is 0 Å². The van der Waals surface area contributed by atoms with Crippen molar-refractivity contribution in [1.29, 1.82) is 0 Å². The molecule has 0 heterocycles. The van der Waals surface area contributed by atoms with Gasteiger partial charge in [-0.2, -0.15) is 0 Å². The van der Waals surface area contributed by atoms with E-state index in [1.807, 2.05) is 6.92 Å². The zero-order valence-electron chi connectivity index (χ0n) is 7.57. The molecule has 2 N–H and O–H groups in total. The van der Waals surface area contributed by atoms with Gasteiger partial charge in [0.1, 0.15) is 0 Å². The summed E-state index contributed by atoms with van der Waals surface area (Å²) in [5.41, 5.74) is 0. The molecule has 0 aromatic rings. The van der Waals surface area contributed by atoms with E-state index in [0.29, 0.717) is 13.2 Å². The quantitative estimate of drug-likeness (QED) is 0.378. The molecular formula is C9H18O3. The average Bonchev–Trinajstić information content (AvgIpc) is 2.08. The second-order valence-corrected chi connectivity index (χ2v) is 1.88. The third kappa shape index (κ3) is 22.9. The molecule has 0 radical (unpaired) electrons. The summed E-state index contributed by atoms with van der Waals surface area (Å²) in [6.45, 7) is 6.42. The molecule has 0 spiro atoms. The van der Waals surface area contributed by atoms with E-state index in [1.54, 1.807) is 12.2 Å². The highest BCUT2D eigenvalue weighted by molar-refractivity contribution is 4.67. The van der Waals surface area contributed by atoms with Gasteiger partial charge < -0.3 is 14.9 Å². The van der Waals surface area contributed by atoms with Crippen LogP contribution in [-0.4, -0.2) is 30.0 Å². The molecule has 3 heteroatoms. The molecule has 0 atom stereocenters. The van der Waals surface area contributed by atoms with Crippen molar-refractivity contribution in [3.8, 4) is 0 Å². The predicted molar refractivity (Wildman–Crippen MR) is 50.2 cm³/mol. The highest BCUT2D eigenvalue weighted by Gasteiger charge is 1.75. The fraction of sp³-hybridized carbons (Fsp3) is 0.556. The second-order valence-electron chi connectivity index (χ2n) is 1.88. The Morgan fingerprint density at radius 3 is 2.42 bits per heavy atom. The van der Waals surface area contributed by atoms with Gasteiger partial charge in [0.2, 0.25) is 0 Å². The van der Waals surface area contributed by atoms with Crippen LogP contribution in [0.5, 0.6) is 0 Å². The van der Waals surface area contributed by atoms with E-state index >= 15 is 0 Å². The van der Waals surface area contributed by atoms with Crippen LogP contribution in [0.4, 0.5) is 0 Å². The number of aliphatic hydroxyl groups is 2. The lowest BCUT2D eigenvalue weighted by molar-refractivity contribution is 0.112. The van der Waals surface area contributed by atoms with Gasteiger partial charge in [-0.15, -0.1) is 6.58 Å². The van der Waals surface area contributed by atoms with Crippen LogP contribution in [0.3, 0.4) is 0 Å². The molecule has 0 saturated carbocycles. The minimum atomic E-state index is 0.0911. The largest absolute Gasteiger partial charge is 0.516 e. The van der Waals surface area contributed by atoms with Gasteiger partial charge in [0, 0.05) is 0 Å². The lowest BCUT2D eigenvalue weighted by atomic mass is 10.5. The van der Waals surface area contributed by atoms with Crippen molar-refractivity contribution >= 4 is 0 Å². The fourth-order valence-corrected chi connectivity index (χ4v) is 0.337. The van der Waals surface area contributed by atoms with E-state index in [9.17, 15) is 0 Å². The van der Waals surface area contributed by atoms with Gasteiger partial charge in [0.05, 0.1) is 26.1 Å². The van der Waals surface area contributed by atoms with Gasteiger partial charge in [0.15, 0.2) is 0 Å². The van der Waals surface area contributed by atoms with Crippen LogP contribution in [0, 0.1) is 0 Å². The normalized spacial score (nSPS) is 9.17. The molecule has 0 bridgehead atoms. The number of aliphatic hydroxyl groups excluding tert-OH is 2. The zero-order valence-corrected chi connectivity index (χ0v) is 7.57. The summed E-state index contributed by atoms with van der Waals surface area (Å²) in [7, 11) is 0. The van der Waals surface area contributed by atoms with E-state index < -0.39 is 0 Å². The fourth-order valence-electron chi connectivity index (χ4n) is 0.337. The molecule has 0 amide bonds. The highest BCUT2D eigenvalue weighted by Crippen LogP contribution is 1.71. The summed E-state index contributed by atoms with van der Waals surface area (Å²) < 4.78 is 4.76. The first-order valence-electron chi connectivity index (χ1n) is 3.92. The monoisotopic (exact) mass is 174 g/mol. The molecule has 0 rings (SSSR count).